The van der Waals surface area contributed by atoms with Crippen LogP contribution < -0.4 is 0 Å². The van der Waals surface area contributed by atoms with Crippen molar-refractivity contribution >= 4 is 11.9 Å². The van der Waals surface area contributed by atoms with Gasteiger partial charge in [0, 0.05) is 12.1 Å². The van der Waals surface area contributed by atoms with Gasteiger partial charge >= 0.3 is 5.97 Å². The molecular formula is C24H27N5O3. The van der Waals surface area contributed by atoms with Crippen molar-refractivity contribution in [3.8, 4) is 11.4 Å². The van der Waals surface area contributed by atoms with Crippen LogP contribution >= 0.6 is 0 Å². The van der Waals surface area contributed by atoms with E-state index in [4.69, 9.17) is 4.74 Å². The number of benzene rings is 1. The summed E-state index contributed by atoms with van der Waals surface area (Å²) in [6, 6.07) is 6.64. The summed E-state index contributed by atoms with van der Waals surface area (Å²) in [7, 11) is 0. The van der Waals surface area contributed by atoms with E-state index in [1.807, 2.05) is 9.58 Å². The number of hydrogen-bond acceptors (Lipinski definition) is 6. The lowest BCUT2D eigenvalue weighted by Crippen LogP contribution is -2.37. The Morgan fingerprint density at radius 2 is 2.03 bits per heavy atom. The van der Waals surface area contributed by atoms with E-state index in [2.05, 4.69) is 33.7 Å². The van der Waals surface area contributed by atoms with Gasteiger partial charge in [-0.05, 0) is 79.3 Å². The lowest BCUT2D eigenvalue weighted by Gasteiger charge is -2.36. The van der Waals surface area contributed by atoms with Gasteiger partial charge in [-0.2, -0.15) is 0 Å². The molecular weight excluding hydrogens is 406 g/mol. The van der Waals surface area contributed by atoms with E-state index < -0.39 is 0 Å². The van der Waals surface area contributed by atoms with E-state index in [9.17, 15) is 9.59 Å². The Morgan fingerprint density at radius 1 is 1.19 bits per heavy atom. The van der Waals surface area contributed by atoms with Gasteiger partial charge in [0.1, 0.15) is 6.61 Å². The molecule has 1 spiro atoms. The second-order valence-corrected chi connectivity index (χ2v) is 9.77. The Labute approximate surface area is 186 Å². The van der Waals surface area contributed by atoms with Gasteiger partial charge in [-0.1, -0.05) is 18.2 Å². The van der Waals surface area contributed by atoms with Gasteiger partial charge in [0.25, 0.3) is 0 Å². The fraction of sp³-hybridized carbons (Fsp3) is 0.542. The van der Waals surface area contributed by atoms with E-state index in [1.165, 1.54) is 11.1 Å². The van der Waals surface area contributed by atoms with E-state index in [0.717, 1.165) is 68.6 Å². The lowest BCUT2D eigenvalue weighted by atomic mass is 9.68. The van der Waals surface area contributed by atoms with Crippen LogP contribution in [0.4, 0.5) is 0 Å². The highest BCUT2D eigenvalue weighted by atomic mass is 16.5. The summed E-state index contributed by atoms with van der Waals surface area (Å²) in [5.41, 5.74) is 4.92. The van der Waals surface area contributed by atoms with Crippen molar-refractivity contribution in [2.45, 2.75) is 58.4 Å². The number of rotatable bonds is 4. The number of cyclic esters (lactones) is 1. The quantitative estimate of drug-likeness (QED) is 0.588. The molecule has 0 N–H and O–H groups in total. The van der Waals surface area contributed by atoms with Gasteiger partial charge in [-0.3, -0.25) is 4.79 Å². The standard InChI is InChI=1S/C24H27N5O3/c1-15-20(14-32-22(15)30)28-11-10-24(23(28)31)8-6-16(7-9-24)2-3-17-4-5-19-18(12-17)13-29-21(19)25-26-27-29/h4-5,12,16H,2-3,6-11,13-14H2,1H3. The first-order valence-electron chi connectivity index (χ1n) is 11.6. The third kappa shape index (κ3) is 2.99. The number of ether oxygens (including phenoxy) is 1. The average molecular weight is 434 g/mol. The maximum absolute atomic E-state index is 13.3. The van der Waals surface area contributed by atoms with Crippen LogP contribution in [0.25, 0.3) is 11.4 Å². The summed E-state index contributed by atoms with van der Waals surface area (Å²) >= 11 is 0. The van der Waals surface area contributed by atoms with Crippen LogP contribution in [-0.2, 0) is 27.3 Å². The zero-order valence-corrected chi connectivity index (χ0v) is 18.3. The molecule has 0 unspecified atom stereocenters. The fourth-order valence-electron chi connectivity index (χ4n) is 6.00. The highest BCUT2D eigenvalue weighted by molar-refractivity contribution is 5.94. The van der Waals surface area contributed by atoms with Crippen molar-refractivity contribution in [2.75, 3.05) is 13.2 Å². The number of likely N-dealkylation sites (tertiary alicyclic amines) is 1. The van der Waals surface area contributed by atoms with Gasteiger partial charge < -0.3 is 9.64 Å². The number of fused-ring (bicyclic) bond motifs is 3. The SMILES string of the molecule is CC1=C(N2CCC3(CCC(CCc4ccc5c(c4)Cn4nnnc4-5)CC3)C2=O)COC1=O. The Kier molecular flexibility index (Phi) is 4.45. The normalized spacial score (nSPS) is 26.8. The van der Waals surface area contributed by atoms with Crippen molar-refractivity contribution in [2.24, 2.45) is 11.3 Å². The number of hydrogen-bond donors (Lipinski definition) is 0. The zero-order chi connectivity index (χ0) is 21.9. The maximum Gasteiger partial charge on any atom is 0.336 e. The number of esters is 1. The summed E-state index contributed by atoms with van der Waals surface area (Å²) in [4.78, 5) is 26.9. The average Bonchev–Trinajstić information content (AvgIpc) is 3.54. The third-order valence-corrected chi connectivity index (χ3v) is 8.08. The topological polar surface area (TPSA) is 90.2 Å². The minimum Gasteiger partial charge on any atom is -0.456 e. The van der Waals surface area contributed by atoms with Gasteiger partial charge in [0.2, 0.25) is 5.91 Å². The summed E-state index contributed by atoms with van der Waals surface area (Å²) in [6.45, 7) is 3.47. The second-order valence-electron chi connectivity index (χ2n) is 9.77. The highest BCUT2D eigenvalue weighted by Gasteiger charge is 2.50. The van der Waals surface area contributed by atoms with Crippen molar-refractivity contribution in [1.29, 1.82) is 0 Å². The second kappa shape index (κ2) is 7.25. The number of carbonyl (C=O) groups excluding carboxylic acids is 2. The van der Waals surface area contributed by atoms with Crippen LogP contribution in [0.15, 0.2) is 29.5 Å². The van der Waals surface area contributed by atoms with Gasteiger partial charge in [-0.25, -0.2) is 9.48 Å². The number of aromatic nitrogens is 4. The molecule has 4 aliphatic rings. The predicted octanol–water partition coefficient (Wildman–Crippen LogP) is 2.87. The van der Waals surface area contributed by atoms with Crippen LogP contribution in [0.5, 0.6) is 0 Å². The Morgan fingerprint density at radius 3 is 2.81 bits per heavy atom. The minimum atomic E-state index is -0.290. The molecule has 0 atom stereocenters. The number of carbonyl (C=O) groups is 2. The molecule has 3 aliphatic heterocycles. The molecule has 1 saturated heterocycles. The smallest absolute Gasteiger partial charge is 0.336 e. The van der Waals surface area contributed by atoms with Gasteiger partial charge in [0.05, 0.1) is 23.2 Å². The van der Waals surface area contributed by atoms with Crippen molar-refractivity contribution in [3.63, 3.8) is 0 Å². The van der Waals surface area contributed by atoms with Gasteiger partial charge in [0.15, 0.2) is 5.82 Å². The van der Waals surface area contributed by atoms with Crippen molar-refractivity contribution in [1.82, 2.24) is 25.1 Å². The van der Waals surface area contributed by atoms with Gasteiger partial charge in [-0.15, -0.1) is 5.10 Å². The van der Waals surface area contributed by atoms with Crippen molar-refractivity contribution < 1.29 is 14.3 Å². The molecule has 1 aromatic carbocycles. The molecule has 0 bridgehead atoms. The van der Waals surface area contributed by atoms with E-state index in [0.29, 0.717) is 18.0 Å². The molecule has 1 saturated carbocycles. The first kappa shape index (κ1) is 19.6. The van der Waals surface area contributed by atoms with E-state index >= 15 is 0 Å². The summed E-state index contributed by atoms with van der Waals surface area (Å²) in [6.07, 6.45) is 7.22. The van der Waals surface area contributed by atoms with E-state index in [-0.39, 0.29) is 23.9 Å². The Bertz CT molecular complexity index is 1140. The predicted molar refractivity (Wildman–Crippen MR) is 115 cm³/mol. The molecule has 8 nitrogen and oxygen atoms in total. The molecule has 8 heteroatoms. The van der Waals surface area contributed by atoms with Crippen LogP contribution in [0.2, 0.25) is 0 Å². The summed E-state index contributed by atoms with van der Waals surface area (Å²) < 4.78 is 6.98. The molecule has 1 aliphatic carbocycles. The first-order chi connectivity index (χ1) is 15.5. The molecule has 1 amide bonds. The van der Waals surface area contributed by atoms with Crippen LogP contribution in [0.1, 0.15) is 56.6 Å². The number of amides is 1. The summed E-state index contributed by atoms with van der Waals surface area (Å²) in [5.74, 6) is 1.44. The largest absolute Gasteiger partial charge is 0.456 e. The molecule has 2 fully saturated rings. The third-order valence-electron chi connectivity index (χ3n) is 8.08. The van der Waals surface area contributed by atoms with Crippen LogP contribution in [-0.4, -0.2) is 50.1 Å². The molecule has 32 heavy (non-hydrogen) atoms. The van der Waals surface area contributed by atoms with Crippen LogP contribution in [0.3, 0.4) is 0 Å². The summed E-state index contributed by atoms with van der Waals surface area (Å²) in [5, 5.41) is 11.9. The molecule has 4 heterocycles. The molecule has 2 aromatic rings. The zero-order valence-electron chi connectivity index (χ0n) is 18.3. The molecule has 166 valence electrons. The molecule has 0 radical (unpaired) electrons. The maximum atomic E-state index is 13.3. The molecule has 1 aromatic heterocycles. The number of tetrazole rings is 1. The van der Waals surface area contributed by atoms with Crippen molar-refractivity contribution in [3.05, 3.63) is 40.6 Å². The van der Waals surface area contributed by atoms with Crippen LogP contribution in [0, 0.1) is 11.3 Å². The molecule has 6 rings (SSSR count). The highest BCUT2D eigenvalue weighted by Crippen LogP contribution is 2.48. The monoisotopic (exact) mass is 433 g/mol. The lowest BCUT2D eigenvalue weighted by molar-refractivity contribution is -0.138. The number of nitrogens with zero attached hydrogens (tertiary/aromatic N) is 5. The Balaban J connectivity index is 1.06. The Hall–Kier alpha value is -3.03. The van der Waals surface area contributed by atoms with E-state index in [1.54, 1.807) is 6.92 Å². The number of aryl methyl sites for hydroxylation is 1. The fourth-order valence-corrected chi connectivity index (χ4v) is 6.00. The first-order valence-corrected chi connectivity index (χ1v) is 11.6. The minimum absolute atomic E-state index is 0.211.